The highest BCUT2D eigenvalue weighted by atomic mass is 16.5. The number of aryl methyl sites for hydroxylation is 1. The lowest BCUT2D eigenvalue weighted by Gasteiger charge is -2.43. The summed E-state index contributed by atoms with van der Waals surface area (Å²) >= 11 is 0. The molecule has 13 heteroatoms. The average molecular weight is 767 g/mol. The van der Waals surface area contributed by atoms with E-state index in [1.54, 1.807) is 15.8 Å². The molecule has 2 aromatic heterocycles. The van der Waals surface area contributed by atoms with Crippen LogP contribution < -0.4 is 10.9 Å². The Morgan fingerprint density at radius 1 is 0.929 bits per heavy atom. The molecule has 3 aliphatic rings. The number of hydrogen-bond donors (Lipinski definition) is 2. The van der Waals surface area contributed by atoms with Crippen LogP contribution in [0.4, 0.5) is 4.79 Å². The second-order valence-electron chi connectivity index (χ2n) is 16.8. The van der Waals surface area contributed by atoms with Gasteiger partial charge in [-0.2, -0.15) is 5.10 Å². The van der Waals surface area contributed by atoms with Crippen LogP contribution in [0.2, 0.25) is 0 Å². The number of rotatable bonds is 10. The van der Waals surface area contributed by atoms with Gasteiger partial charge in [0, 0.05) is 68.2 Å². The zero-order chi connectivity index (χ0) is 39.6. The molecule has 0 spiro atoms. The number of amides is 3. The number of nitrogens with zero attached hydrogens (tertiary/aromatic N) is 6. The van der Waals surface area contributed by atoms with Crippen molar-refractivity contribution < 1.29 is 19.1 Å². The maximum Gasteiger partial charge on any atom is 0.318 e. The second kappa shape index (κ2) is 16.8. The molecule has 0 bridgehead atoms. The molecule has 56 heavy (non-hydrogen) atoms. The van der Waals surface area contributed by atoms with Gasteiger partial charge in [-0.15, -0.1) is 0 Å². The number of piperidine rings is 2. The zero-order valence-corrected chi connectivity index (χ0v) is 33.7. The predicted octanol–water partition coefficient (Wildman–Crippen LogP) is 4.86. The Bertz CT molecular complexity index is 2100. The highest BCUT2D eigenvalue weighted by Gasteiger charge is 2.34. The number of aromatic amines is 1. The number of H-pyrrole nitrogens is 1. The second-order valence-corrected chi connectivity index (χ2v) is 16.8. The Morgan fingerprint density at radius 2 is 1.64 bits per heavy atom. The Labute approximate surface area is 329 Å². The quantitative estimate of drug-likeness (QED) is 0.219. The number of ether oxygens (including phenoxy) is 1. The van der Waals surface area contributed by atoms with Crippen LogP contribution in [0.1, 0.15) is 75.5 Å². The number of para-hydroxylation sites is 1. The van der Waals surface area contributed by atoms with E-state index < -0.39 is 11.5 Å². The molecule has 3 fully saturated rings. The standard InChI is InChI=1S/C43H58N8O5/c1-6-43(3,4)41(54)56-28-51-38-29(2)23-30(24-33(38)27-44-51)25-37(40(53)49-21-19-48(20-22-49)34-13-15-47(5)16-14-34)46-42(55)50-17-11-31(12-18-50)35-26-32-9-7-8-10-36(32)45-39(35)52/h7-10,23-24,26-27,31,34,37H,6,11-22,25,28H2,1-5H3,(H,45,52)(H,46,55)/t37-/m1/s1. The van der Waals surface area contributed by atoms with Crippen molar-refractivity contribution in [2.75, 3.05) is 59.4 Å². The zero-order valence-electron chi connectivity index (χ0n) is 33.7. The molecule has 0 radical (unpaired) electrons. The molecule has 2 N–H and O–H groups in total. The van der Waals surface area contributed by atoms with E-state index in [4.69, 9.17) is 4.74 Å². The van der Waals surface area contributed by atoms with Crippen LogP contribution in [-0.4, -0.2) is 124 Å². The van der Waals surface area contributed by atoms with Crippen molar-refractivity contribution in [3.8, 4) is 0 Å². The Hall–Kier alpha value is -4.75. The Balaban J connectivity index is 1.05. The number of pyridine rings is 1. The van der Waals surface area contributed by atoms with Crippen LogP contribution in [0.3, 0.4) is 0 Å². The smallest absolute Gasteiger partial charge is 0.318 e. The number of carbonyl (C=O) groups excluding carboxylic acids is 3. The molecule has 0 unspecified atom stereocenters. The first-order chi connectivity index (χ1) is 26.9. The van der Waals surface area contributed by atoms with Gasteiger partial charge in [-0.05, 0) is 114 Å². The highest BCUT2D eigenvalue weighted by Crippen LogP contribution is 2.29. The number of hydrogen-bond acceptors (Lipinski definition) is 8. The van der Waals surface area contributed by atoms with Gasteiger partial charge in [0.15, 0.2) is 6.73 Å². The molecule has 0 aliphatic carbocycles. The number of carbonyl (C=O) groups is 3. The first-order valence-corrected chi connectivity index (χ1v) is 20.4. The first kappa shape index (κ1) is 39.5. The van der Waals surface area contributed by atoms with E-state index in [2.05, 4.69) is 32.2 Å². The van der Waals surface area contributed by atoms with Gasteiger partial charge in [-0.1, -0.05) is 31.2 Å². The monoisotopic (exact) mass is 766 g/mol. The van der Waals surface area contributed by atoms with Gasteiger partial charge in [-0.3, -0.25) is 19.3 Å². The molecule has 2 aromatic carbocycles. The van der Waals surface area contributed by atoms with E-state index in [1.165, 1.54) is 0 Å². The fraction of sp³-hybridized carbons (Fsp3) is 0.558. The van der Waals surface area contributed by atoms with Crippen LogP contribution in [0.25, 0.3) is 21.8 Å². The number of aromatic nitrogens is 3. The van der Waals surface area contributed by atoms with E-state index in [0.29, 0.717) is 57.9 Å². The van der Waals surface area contributed by atoms with E-state index in [9.17, 15) is 19.2 Å². The lowest BCUT2D eigenvalue weighted by atomic mass is 9.89. The fourth-order valence-corrected chi connectivity index (χ4v) is 8.62. The Morgan fingerprint density at radius 3 is 2.36 bits per heavy atom. The predicted molar refractivity (Wildman–Crippen MR) is 217 cm³/mol. The van der Waals surface area contributed by atoms with Gasteiger partial charge in [-0.25, -0.2) is 9.48 Å². The van der Waals surface area contributed by atoms with Gasteiger partial charge in [0.2, 0.25) is 5.91 Å². The third-order valence-corrected chi connectivity index (χ3v) is 12.6. The lowest BCUT2D eigenvalue weighted by molar-refractivity contribution is -0.158. The summed E-state index contributed by atoms with van der Waals surface area (Å²) in [6.45, 7) is 13.8. The minimum Gasteiger partial charge on any atom is -0.442 e. The van der Waals surface area contributed by atoms with Crippen molar-refractivity contribution in [2.45, 2.75) is 91.0 Å². The molecule has 3 saturated heterocycles. The summed E-state index contributed by atoms with van der Waals surface area (Å²) in [6.07, 6.45) is 6.37. The minimum absolute atomic E-state index is 0.0125. The average Bonchev–Trinajstić information content (AvgIpc) is 3.62. The molecule has 0 saturated carbocycles. The highest BCUT2D eigenvalue weighted by molar-refractivity contribution is 5.88. The number of esters is 1. The molecular weight excluding hydrogens is 709 g/mol. The van der Waals surface area contributed by atoms with E-state index in [1.807, 2.05) is 75.1 Å². The number of fused-ring (bicyclic) bond motifs is 2. The number of piperazine rings is 1. The lowest BCUT2D eigenvalue weighted by Crippen LogP contribution is -2.59. The molecule has 5 heterocycles. The van der Waals surface area contributed by atoms with E-state index in [-0.39, 0.29) is 36.1 Å². The topological polar surface area (TPSA) is 136 Å². The molecular formula is C43H58N8O5. The SMILES string of the molecule is CCC(C)(C)C(=O)OCn1ncc2cc(C[C@@H](NC(=O)N3CCC(c4cc5ccccc5[nH]c4=O)CC3)C(=O)N3CCN(C4CCN(C)CC4)CC3)cc(C)c21. The summed E-state index contributed by atoms with van der Waals surface area (Å²) in [6, 6.07) is 13.3. The number of benzene rings is 2. The number of likely N-dealkylation sites (tertiary alicyclic amines) is 2. The fourth-order valence-electron chi connectivity index (χ4n) is 8.62. The van der Waals surface area contributed by atoms with Gasteiger partial charge in [0.05, 0.1) is 17.1 Å². The van der Waals surface area contributed by atoms with Crippen LogP contribution in [0, 0.1) is 12.3 Å². The van der Waals surface area contributed by atoms with Crippen molar-refractivity contribution in [1.82, 2.24) is 39.7 Å². The molecule has 4 aromatic rings. The maximum atomic E-state index is 14.4. The molecule has 13 nitrogen and oxygen atoms in total. The van der Waals surface area contributed by atoms with Crippen molar-refractivity contribution in [3.63, 3.8) is 0 Å². The van der Waals surface area contributed by atoms with Gasteiger partial charge >= 0.3 is 12.0 Å². The minimum atomic E-state index is -0.762. The molecule has 300 valence electrons. The van der Waals surface area contributed by atoms with Crippen LogP contribution in [-0.2, 0) is 27.5 Å². The maximum absolute atomic E-state index is 14.4. The van der Waals surface area contributed by atoms with Gasteiger partial charge in [0.25, 0.3) is 5.56 Å². The summed E-state index contributed by atoms with van der Waals surface area (Å²) in [7, 11) is 2.17. The number of urea groups is 1. The summed E-state index contributed by atoms with van der Waals surface area (Å²) in [5, 5.41) is 9.56. The van der Waals surface area contributed by atoms with Crippen LogP contribution in [0.15, 0.2) is 53.5 Å². The van der Waals surface area contributed by atoms with Crippen molar-refractivity contribution in [3.05, 3.63) is 75.7 Å². The molecule has 3 amide bonds. The van der Waals surface area contributed by atoms with Crippen molar-refractivity contribution in [1.29, 1.82) is 0 Å². The van der Waals surface area contributed by atoms with E-state index >= 15 is 0 Å². The van der Waals surface area contributed by atoms with Gasteiger partial charge in [0.1, 0.15) is 6.04 Å². The van der Waals surface area contributed by atoms with Crippen molar-refractivity contribution in [2.24, 2.45) is 5.41 Å². The van der Waals surface area contributed by atoms with Crippen molar-refractivity contribution >= 4 is 39.7 Å². The normalized spacial score (nSPS) is 18.7. The Kier molecular flexibility index (Phi) is 11.8. The summed E-state index contributed by atoms with van der Waals surface area (Å²) in [5.74, 6) is -0.297. The molecule has 1 atom stereocenters. The van der Waals surface area contributed by atoms with Crippen LogP contribution in [0.5, 0.6) is 0 Å². The van der Waals surface area contributed by atoms with Crippen LogP contribution >= 0.6 is 0 Å². The van der Waals surface area contributed by atoms with Gasteiger partial charge < -0.3 is 29.7 Å². The largest absolute Gasteiger partial charge is 0.442 e. The first-order valence-electron chi connectivity index (χ1n) is 20.4. The third kappa shape index (κ3) is 8.63. The number of nitrogens with one attached hydrogen (secondary N) is 2. The summed E-state index contributed by atoms with van der Waals surface area (Å²) in [4.78, 5) is 65.7. The third-order valence-electron chi connectivity index (χ3n) is 12.6. The summed E-state index contributed by atoms with van der Waals surface area (Å²) in [5.41, 5.74) is 3.63. The van der Waals surface area contributed by atoms with E-state index in [0.717, 1.165) is 77.5 Å². The molecule has 3 aliphatic heterocycles. The molecule has 7 rings (SSSR count). The summed E-state index contributed by atoms with van der Waals surface area (Å²) < 4.78 is 7.34.